The van der Waals surface area contributed by atoms with Gasteiger partial charge in [-0.05, 0) is 39.0 Å². The van der Waals surface area contributed by atoms with Crippen molar-refractivity contribution >= 4 is 5.82 Å². The number of rotatable bonds is 5. The number of ether oxygens (including phenoxy) is 2. The SMILES string of the molecule is CCc1cc(N2CCC(OCC3CCCO3)CC2)nc(C)n1. The van der Waals surface area contributed by atoms with Crippen LogP contribution in [0.4, 0.5) is 5.82 Å². The first-order chi connectivity index (χ1) is 10.7. The lowest BCUT2D eigenvalue weighted by Gasteiger charge is -2.33. The van der Waals surface area contributed by atoms with Crippen molar-refractivity contribution in [1.82, 2.24) is 9.97 Å². The first-order valence-corrected chi connectivity index (χ1v) is 8.57. The molecule has 1 atom stereocenters. The average Bonchev–Trinajstić information content (AvgIpc) is 3.06. The lowest BCUT2D eigenvalue weighted by atomic mass is 10.1. The van der Waals surface area contributed by atoms with Crippen LogP contribution < -0.4 is 4.90 Å². The van der Waals surface area contributed by atoms with Crippen LogP contribution in [-0.4, -0.2) is 48.5 Å². The van der Waals surface area contributed by atoms with Crippen LogP contribution in [0.15, 0.2) is 6.07 Å². The molecule has 1 unspecified atom stereocenters. The van der Waals surface area contributed by atoms with Gasteiger partial charge in [0, 0.05) is 31.5 Å². The fourth-order valence-electron chi connectivity index (χ4n) is 3.23. The highest BCUT2D eigenvalue weighted by molar-refractivity contribution is 5.40. The van der Waals surface area contributed by atoms with Gasteiger partial charge in [-0.3, -0.25) is 0 Å². The van der Waals surface area contributed by atoms with Crippen molar-refractivity contribution in [2.24, 2.45) is 0 Å². The third-order valence-corrected chi connectivity index (χ3v) is 4.55. The Kier molecular flexibility index (Phi) is 5.26. The summed E-state index contributed by atoms with van der Waals surface area (Å²) in [6, 6.07) is 2.13. The molecule has 0 N–H and O–H groups in total. The van der Waals surface area contributed by atoms with Gasteiger partial charge in [0.15, 0.2) is 0 Å². The van der Waals surface area contributed by atoms with Crippen LogP contribution in [0.25, 0.3) is 0 Å². The number of aromatic nitrogens is 2. The zero-order valence-electron chi connectivity index (χ0n) is 13.8. The maximum Gasteiger partial charge on any atom is 0.132 e. The number of anilines is 1. The minimum absolute atomic E-state index is 0.328. The Balaban J connectivity index is 1.49. The lowest BCUT2D eigenvalue weighted by Crippen LogP contribution is -2.38. The Morgan fingerprint density at radius 1 is 1.27 bits per heavy atom. The highest BCUT2D eigenvalue weighted by Gasteiger charge is 2.23. The molecule has 2 fully saturated rings. The molecule has 2 aliphatic heterocycles. The Hall–Kier alpha value is -1.20. The maximum absolute atomic E-state index is 6.04. The van der Waals surface area contributed by atoms with Crippen LogP contribution in [0.3, 0.4) is 0 Å². The van der Waals surface area contributed by atoms with E-state index >= 15 is 0 Å². The molecule has 0 aromatic carbocycles. The van der Waals surface area contributed by atoms with E-state index in [1.54, 1.807) is 0 Å². The van der Waals surface area contributed by atoms with Gasteiger partial charge >= 0.3 is 0 Å². The van der Waals surface area contributed by atoms with E-state index in [2.05, 4.69) is 27.9 Å². The number of piperidine rings is 1. The van der Waals surface area contributed by atoms with Gasteiger partial charge in [-0.2, -0.15) is 0 Å². The van der Waals surface area contributed by atoms with Gasteiger partial charge in [-0.25, -0.2) is 9.97 Å². The van der Waals surface area contributed by atoms with Crippen LogP contribution in [0.5, 0.6) is 0 Å². The molecule has 3 heterocycles. The van der Waals surface area contributed by atoms with E-state index in [0.29, 0.717) is 12.2 Å². The number of nitrogens with zero attached hydrogens (tertiary/aromatic N) is 3. The van der Waals surface area contributed by atoms with Crippen molar-refractivity contribution in [2.75, 3.05) is 31.2 Å². The van der Waals surface area contributed by atoms with Gasteiger partial charge in [0.25, 0.3) is 0 Å². The first-order valence-electron chi connectivity index (χ1n) is 8.57. The molecule has 3 rings (SSSR count). The molecule has 5 heteroatoms. The van der Waals surface area contributed by atoms with E-state index in [1.807, 2.05) is 6.92 Å². The van der Waals surface area contributed by atoms with Crippen LogP contribution in [0.1, 0.15) is 44.1 Å². The normalized spacial score (nSPS) is 23.2. The molecule has 1 aromatic heterocycles. The monoisotopic (exact) mass is 305 g/mol. The van der Waals surface area contributed by atoms with Crippen LogP contribution >= 0.6 is 0 Å². The first kappa shape index (κ1) is 15.7. The van der Waals surface area contributed by atoms with Crippen LogP contribution in [0.2, 0.25) is 0 Å². The van der Waals surface area contributed by atoms with Gasteiger partial charge in [0.05, 0.1) is 18.8 Å². The van der Waals surface area contributed by atoms with E-state index in [-0.39, 0.29) is 0 Å². The minimum atomic E-state index is 0.328. The van der Waals surface area contributed by atoms with E-state index in [4.69, 9.17) is 9.47 Å². The smallest absolute Gasteiger partial charge is 0.132 e. The molecule has 0 amide bonds. The largest absolute Gasteiger partial charge is 0.376 e. The van der Waals surface area contributed by atoms with E-state index in [1.165, 1.54) is 6.42 Å². The highest BCUT2D eigenvalue weighted by Crippen LogP contribution is 2.22. The van der Waals surface area contributed by atoms with Crippen molar-refractivity contribution in [3.8, 4) is 0 Å². The predicted molar refractivity (Wildman–Crippen MR) is 86.3 cm³/mol. The van der Waals surface area contributed by atoms with Gasteiger partial charge in [-0.1, -0.05) is 6.92 Å². The Morgan fingerprint density at radius 2 is 2.09 bits per heavy atom. The quantitative estimate of drug-likeness (QED) is 0.836. The molecule has 5 nitrogen and oxygen atoms in total. The second kappa shape index (κ2) is 7.38. The van der Waals surface area contributed by atoms with Gasteiger partial charge < -0.3 is 14.4 Å². The van der Waals surface area contributed by atoms with Gasteiger partial charge in [0.1, 0.15) is 11.6 Å². The summed E-state index contributed by atoms with van der Waals surface area (Å²) in [5.41, 5.74) is 1.12. The molecule has 2 saturated heterocycles. The number of hydrogen-bond acceptors (Lipinski definition) is 5. The van der Waals surface area contributed by atoms with Crippen LogP contribution in [0, 0.1) is 6.92 Å². The third-order valence-electron chi connectivity index (χ3n) is 4.55. The summed E-state index contributed by atoms with van der Waals surface area (Å²) in [6.07, 6.45) is 6.12. The topological polar surface area (TPSA) is 47.5 Å². The molecule has 0 bridgehead atoms. The van der Waals surface area contributed by atoms with Crippen molar-refractivity contribution in [1.29, 1.82) is 0 Å². The molecule has 0 spiro atoms. The van der Waals surface area contributed by atoms with Crippen molar-refractivity contribution < 1.29 is 9.47 Å². The number of aryl methyl sites for hydroxylation is 2. The highest BCUT2D eigenvalue weighted by atomic mass is 16.5. The molecule has 0 aliphatic carbocycles. The Morgan fingerprint density at radius 3 is 2.77 bits per heavy atom. The van der Waals surface area contributed by atoms with Gasteiger partial charge in [0.2, 0.25) is 0 Å². The standard InChI is InChI=1S/C17H27N3O2/c1-3-14-11-17(19-13(2)18-14)20-8-6-15(7-9-20)22-12-16-5-4-10-21-16/h11,15-16H,3-10,12H2,1-2H3. The summed E-state index contributed by atoms with van der Waals surface area (Å²) in [5.74, 6) is 1.94. The van der Waals surface area contributed by atoms with E-state index in [0.717, 1.165) is 69.3 Å². The second-order valence-electron chi connectivity index (χ2n) is 6.27. The predicted octanol–water partition coefficient (Wildman–Crippen LogP) is 2.51. The fourth-order valence-corrected chi connectivity index (χ4v) is 3.23. The molecular weight excluding hydrogens is 278 g/mol. The van der Waals surface area contributed by atoms with Crippen molar-refractivity contribution in [2.45, 2.75) is 58.2 Å². The van der Waals surface area contributed by atoms with Crippen LogP contribution in [-0.2, 0) is 15.9 Å². The Bertz CT molecular complexity index is 481. The summed E-state index contributed by atoms with van der Waals surface area (Å²) in [7, 11) is 0. The molecule has 0 radical (unpaired) electrons. The fraction of sp³-hybridized carbons (Fsp3) is 0.765. The summed E-state index contributed by atoms with van der Waals surface area (Å²) in [4.78, 5) is 11.4. The van der Waals surface area contributed by atoms with Crippen molar-refractivity contribution in [3.63, 3.8) is 0 Å². The molecule has 2 aliphatic rings. The Labute approximate surface area is 133 Å². The number of hydrogen-bond donors (Lipinski definition) is 0. The second-order valence-corrected chi connectivity index (χ2v) is 6.27. The minimum Gasteiger partial charge on any atom is -0.376 e. The molecular formula is C17H27N3O2. The molecule has 0 saturated carbocycles. The summed E-state index contributed by atoms with van der Waals surface area (Å²) in [5, 5.41) is 0. The summed E-state index contributed by atoms with van der Waals surface area (Å²) >= 11 is 0. The lowest BCUT2D eigenvalue weighted by molar-refractivity contribution is -0.0280. The maximum atomic E-state index is 6.04. The van der Waals surface area contributed by atoms with E-state index in [9.17, 15) is 0 Å². The third kappa shape index (κ3) is 3.96. The zero-order chi connectivity index (χ0) is 15.4. The molecule has 122 valence electrons. The van der Waals surface area contributed by atoms with Gasteiger partial charge in [-0.15, -0.1) is 0 Å². The average molecular weight is 305 g/mol. The van der Waals surface area contributed by atoms with E-state index < -0.39 is 0 Å². The molecule has 22 heavy (non-hydrogen) atoms. The zero-order valence-corrected chi connectivity index (χ0v) is 13.8. The summed E-state index contributed by atoms with van der Waals surface area (Å²) < 4.78 is 11.7. The van der Waals surface area contributed by atoms with Crippen molar-refractivity contribution in [3.05, 3.63) is 17.6 Å². The molecule has 1 aromatic rings. The summed E-state index contributed by atoms with van der Waals surface area (Å²) in [6.45, 7) is 7.79.